The molecule has 1 heterocycles. The summed E-state index contributed by atoms with van der Waals surface area (Å²) in [5.41, 5.74) is -0.605. The van der Waals surface area contributed by atoms with Crippen LogP contribution in [-0.2, 0) is 16.0 Å². The average Bonchev–Trinajstić information content (AvgIpc) is 3.41. The fourth-order valence-electron chi connectivity index (χ4n) is 3.46. The van der Waals surface area contributed by atoms with Gasteiger partial charge < -0.3 is 19.8 Å². The molecule has 1 aromatic carbocycles. The number of aliphatic hydroxyl groups is 1. The van der Waals surface area contributed by atoms with E-state index in [4.69, 9.17) is 4.74 Å². The highest BCUT2D eigenvalue weighted by molar-refractivity contribution is 5.83. The molecular formula is C18H23NO5. The van der Waals surface area contributed by atoms with Gasteiger partial charge in [0.2, 0.25) is 5.91 Å². The van der Waals surface area contributed by atoms with E-state index in [1.165, 1.54) is 0 Å². The Morgan fingerprint density at radius 2 is 2.08 bits per heavy atom. The fourth-order valence-corrected chi connectivity index (χ4v) is 3.46. The molecule has 1 aromatic rings. The van der Waals surface area contributed by atoms with Crippen LogP contribution in [0, 0.1) is 11.3 Å². The van der Waals surface area contributed by atoms with Crippen molar-refractivity contribution in [3.8, 4) is 5.75 Å². The molecule has 1 saturated carbocycles. The lowest BCUT2D eigenvalue weighted by atomic mass is 9.72. The number of carboxylic acids is 1. The Labute approximate surface area is 141 Å². The summed E-state index contributed by atoms with van der Waals surface area (Å²) in [6.07, 6.45) is 1.23. The van der Waals surface area contributed by atoms with Crippen LogP contribution in [-0.4, -0.2) is 53.3 Å². The molecule has 130 valence electrons. The summed E-state index contributed by atoms with van der Waals surface area (Å²) in [7, 11) is 1.55. The van der Waals surface area contributed by atoms with Gasteiger partial charge in [-0.3, -0.25) is 9.59 Å². The van der Waals surface area contributed by atoms with Crippen LogP contribution in [0.2, 0.25) is 0 Å². The van der Waals surface area contributed by atoms with Crippen LogP contribution in [0.5, 0.6) is 5.75 Å². The van der Waals surface area contributed by atoms with E-state index in [1.807, 2.05) is 6.07 Å². The molecule has 1 aliphatic carbocycles. The highest BCUT2D eigenvalue weighted by Gasteiger charge is 2.51. The first-order valence-corrected chi connectivity index (χ1v) is 8.29. The molecule has 0 bridgehead atoms. The molecule has 1 aliphatic heterocycles. The largest absolute Gasteiger partial charge is 0.497 e. The van der Waals surface area contributed by atoms with Crippen LogP contribution in [0.15, 0.2) is 24.3 Å². The predicted molar refractivity (Wildman–Crippen MR) is 86.7 cm³/mol. The van der Waals surface area contributed by atoms with Gasteiger partial charge >= 0.3 is 5.97 Å². The maximum atomic E-state index is 12.4. The number of benzene rings is 1. The third kappa shape index (κ3) is 3.11. The van der Waals surface area contributed by atoms with Gasteiger partial charge in [-0.1, -0.05) is 12.1 Å². The zero-order valence-electron chi connectivity index (χ0n) is 13.8. The Kier molecular flexibility index (Phi) is 4.49. The average molecular weight is 333 g/mol. The fraction of sp³-hybridized carbons (Fsp3) is 0.556. The molecule has 2 fully saturated rings. The van der Waals surface area contributed by atoms with E-state index in [9.17, 15) is 19.8 Å². The zero-order chi connectivity index (χ0) is 17.3. The molecule has 0 radical (unpaired) electrons. The summed E-state index contributed by atoms with van der Waals surface area (Å²) in [6, 6.07) is 7.18. The van der Waals surface area contributed by atoms with Crippen molar-refractivity contribution in [3.63, 3.8) is 0 Å². The second kappa shape index (κ2) is 6.43. The lowest BCUT2D eigenvalue weighted by molar-refractivity contribution is -0.166. The van der Waals surface area contributed by atoms with Crippen molar-refractivity contribution in [2.45, 2.75) is 31.8 Å². The zero-order valence-corrected chi connectivity index (χ0v) is 13.8. The number of carboxylic acid groups (broad SMARTS) is 1. The summed E-state index contributed by atoms with van der Waals surface area (Å²) >= 11 is 0. The molecule has 0 aromatic heterocycles. The molecule has 2 N–H and O–H groups in total. The normalized spacial score (nSPS) is 26.9. The number of aliphatic hydroxyl groups excluding tert-OH is 1. The summed E-state index contributed by atoms with van der Waals surface area (Å²) < 4.78 is 5.19. The van der Waals surface area contributed by atoms with Crippen molar-refractivity contribution in [2.75, 3.05) is 20.2 Å². The maximum absolute atomic E-state index is 12.4. The van der Waals surface area contributed by atoms with E-state index in [2.05, 4.69) is 0 Å². The number of piperidine rings is 1. The van der Waals surface area contributed by atoms with Gasteiger partial charge in [-0.25, -0.2) is 0 Å². The van der Waals surface area contributed by atoms with Gasteiger partial charge in [-0.05, 0) is 43.4 Å². The molecule has 2 aliphatic rings. The Balaban J connectivity index is 1.87. The van der Waals surface area contributed by atoms with Gasteiger partial charge in [0, 0.05) is 19.0 Å². The third-order valence-electron chi connectivity index (χ3n) is 5.10. The monoisotopic (exact) mass is 333 g/mol. The lowest BCUT2D eigenvalue weighted by Gasteiger charge is -2.43. The van der Waals surface area contributed by atoms with Gasteiger partial charge in [-0.2, -0.15) is 0 Å². The molecule has 6 nitrogen and oxygen atoms in total. The Hall–Kier alpha value is -2.08. The van der Waals surface area contributed by atoms with E-state index >= 15 is 0 Å². The third-order valence-corrected chi connectivity index (χ3v) is 5.10. The highest BCUT2D eigenvalue weighted by Crippen LogP contribution is 2.38. The number of aliphatic carboxylic acids is 1. The molecule has 2 atom stereocenters. The molecule has 0 unspecified atom stereocenters. The Morgan fingerprint density at radius 3 is 2.71 bits per heavy atom. The van der Waals surface area contributed by atoms with E-state index in [0.29, 0.717) is 12.3 Å². The topological polar surface area (TPSA) is 87.1 Å². The summed E-state index contributed by atoms with van der Waals surface area (Å²) in [5, 5.41) is 20.4. The first-order chi connectivity index (χ1) is 11.5. The van der Waals surface area contributed by atoms with Crippen molar-refractivity contribution in [2.24, 2.45) is 11.3 Å². The van der Waals surface area contributed by atoms with Crippen LogP contribution in [0.4, 0.5) is 0 Å². The van der Waals surface area contributed by atoms with Gasteiger partial charge in [0.05, 0.1) is 13.2 Å². The van der Waals surface area contributed by atoms with E-state index < -0.39 is 17.5 Å². The van der Waals surface area contributed by atoms with Gasteiger partial charge in [-0.15, -0.1) is 0 Å². The molecule has 6 heteroatoms. The van der Waals surface area contributed by atoms with Gasteiger partial charge in [0.25, 0.3) is 0 Å². The van der Waals surface area contributed by atoms with E-state index in [1.54, 1.807) is 30.2 Å². The summed E-state index contributed by atoms with van der Waals surface area (Å²) in [4.78, 5) is 26.1. The number of hydrogen-bond acceptors (Lipinski definition) is 4. The number of carbonyl (C=O) groups is 2. The maximum Gasteiger partial charge on any atom is 0.314 e. The Morgan fingerprint density at radius 1 is 1.33 bits per heavy atom. The number of likely N-dealkylation sites (tertiary alicyclic amines) is 1. The SMILES string of the molecule is COc1cccc(C[C@@]2(C(=O)O)CN(C(=O)C3CC3)CC[C@@H]2O)c1. The minimum atomic E-state index is -1.38. The highest BCUT2D eigenvalue weighted by atomic mass is 16.5. The second-order valence-corrected chi connectivity index (χ2v) is 6.83. The van der Waals surface area contributed by atoms with Crippen molar-refractivity contribution in [3.05, 3.63) is 29.8 Å². The van der Waals surface area contributed by atoms with Crippen LogP contribution >= 0.6 is 0 Å². The summed E-state index contributed by atoms with van der Waals surface area (Å²) in [6.45, 7) is 0.472. The quantitative estimate of drug-likeness (QED) is 0.848. The second-order valence-electron chi connectivity index (χ2n) is 6.83. The Bertz CT molecular complexity index is 642. The summed E-state index contributed by atoms with van der Waals surface area (Å²) in [5.74, 6) is -0.350. The van der Waals surface area contributed by atoms with Crippen molar-refractivity contribution >= 4 is 11.9 Å². The molecule has 24 heavy (non-hydrogen) atoms. The van der Waals surface area contributed by atoms with E-state index in [-0.39, 0.29) is 31.2 Å². The lowest BCUT2D eigenvalue weighted by Crippen LogP contribution is -2.58. The van der Waals surface area contributed by atoms with E-state index in [0.717, 1.165) is 18.4 Å². The van der Waals surface area contributed by atoms with Gasteiger partial charge in [0.1, 0.15) is 11.2 Å². The molecule has 1 saturated heterocycles. The van der Waals surface area contributed by atoms with Crippen LogP contribution in [0.1, 0.15) is 24.8 Å². The first-order valence-electron chi connectivity index (χ1n) is 8.29. The number of methoxy groups -OCH3 is 1. The number of ether oxygens (including phenoxy) is 1. The standard InChI is InChI=1S/C18H23NO5/c1-24-14-4-2-3-12(9-14)10-18(17(22)23)11-19(8-7-15(18)20)16(21)13-5-6-13/h2-4,9,13,15,20H,5-8,10-11H2,1H3,(H,22,23)/t15-,18+/m0/s1. The first kappa shape index (κ1) is 16.8. The number of amides is 1. The smallest absolute Gasteiger partial charge is 0.314 e. The number of hydrogen-bond donors (Lipinski definition) is 2. The van der Waals surface area contributed by atoms with Crippen molar-refractivity contribution < 1.29 is 24.5 Å². The number of carbonyl (C=O) groups excluding carboxylic acids is 1. The van der Waals surface area contributed by atoms with Crippen molar-refractivity contribution in [1.82, 2.24) is 4.90 Å². The molecule has 0 spiro atoms. The predicted octanol–water partition coefficient (Wildman–Crippen LogP) is 1.31. The molecular weight excluding hydrogens is 310 g/mol. The molecule has 3 rings (SSSR count). The van der Waals surface area contributed by atoms with Crippen LogP contribution < -0.4 is 4.74 Å². The van der Waals surface area contributed by atoms with Crippen LogP contribution in [0.3, 0.4) is 0 Å². The van der Waals surface area contributed by atoms with Crippen molar-refractivity contribution in [1.29, 1.82) is 0 Å². The van der Waals surface area contributed by atoms with Gasteiger partial charge in [0.15, 0.2) is 0 Å². The minimum absolute atomic E-state index is 0.0261. The number of rotatable bonds is 5. The number of nitrogens with zero attached hydrogens (tertiary/aromatic N) is 1. The molecule has 1 amide bonds. The van der Waals surface area contributed by atoms with Crippen LogP contribution in [0.25, 0.3) is 0 Å². The minimum Gasteiger partial charge on any atom is -0.497 e.